The Morgan fingerprint density at radius 1 is 1.14 bits per heavy atom. The monoisotopic (exact) mass is 391 g/mol. The van der Waals surface area contributed by atoms with Gasteiger partial charge in [0.15, 0.2) is 11.5 Å². The van der Waals surface area contributed by atoms with Crippen LogP contribution in [0.2, 0.25) is 0 Å². The number of hydrogen-bond donors (Lipinski definition) is 0. The Balaban J connectivity index is 2.21. The van der Waals surface area contributed by atoms with Gasteiger partial charge in [-0.15, -0.1) is 0 Å². The molecule has 8 heteroatoms. The van der Waals surface area contributed by atoms with Crippen molar-refractivity contribution in [2.75, 3.05) is 14.2 Å². The van der Waals surface area contributed by atoms with Crippen LogP contribution in [-0.4, -0.2) is 20.2 Å². The molecule has 0 aliphatic rings. The molecule has 0 aliphatic carbocycles. The van der Waals surface area contributed by atoms with E-state index in [1.54, 1.807) is 12.1 Å². The Bertz CT molecular complexity index is 930. The molecule has 28 heavy (non-hydrogen) atoms. The van der Waals surface area contributed by atoms with Crippen molar-refractivity contribution in [3.8, 4) is 17.6 Å². The van der Waals surface area contributed by atoms with E-state index in [-0.39, 0.29) is 12.2 Å². The Morgan fingerprint density at radius 2 is 1.89 bits per heavy atom. The van der Waals surface area contributed by atoms with E-state index in [1.165, 1.54) is 44.6 Å². The fraction of sp³-hybridized carbons (Fsp3) is 0.200. The van der Waals surface area contributed by atoms with Crippen molar-refractivity contribution in [3.05, 3.63) is 64.7 Å². The standard InChI is InChI=1S/C20H16F3NO4/c1-26-18-10-13(8-15(11-24)19(25)27-2)6-7-17(18)28-12-14-4-3-5-16(9-14)20(21,22)23/h3-10H,12H2,1-2H3/b15-8+. The predicted molar refractivity (Wildman–Crippen MR) is 94.4 cm³/mol. The van der Waals surface area contributed by atoms with Crippen LogP contribution in [0.15, 0.2) is 48.0 Å². The number of benzene rings is 2. The average Bonchev–Trinajstić information content (AvgIpc) is 2.69. The first kappa shape index (κ1) is 20.8. The summed E-state index contributed by atoms with van der Waals surface area (Å²) in [6.07, 6.45) is -3.11. The maximum absolute atomic E-state index is 12.8. The van der Waals surface area contributed by atoms with Gasteiger partial charge in [-0.3, -0.25) is 0 Å². The summed E-state index contributed by atoms with van der Waals surface area (Å²) in [5.41, 5.74) is -0.112. The smallest absolute Gasteiger partial charge is 0.416 e. The van der Waals surface area contributed by atoms with Gasteiger partial charge in [0.1, 0.15) is 18.2 Å². The highest BCUT2D eigenvalue weighted by Crippen LogP contribution is 2.32. The molecule has 0 N–H and O–H groups in total. The van der Waals surface area contributed by atoms with Crippen molar-refractivity contribution >= 4 is 12.0 Å². The summed E-state index contributed by atoms with van der Waals surface area (Å²) in [6, 6.07) is 11.2. The summed E-state index contributed by atoms with van der Waals surface area (Å²) in [5, 5.41) is 9.00. The Morgan fingerprint density at radius 3 is 2.50 bits per heavy atom. The molecule has 2 aromatic carbocycles. The maximum Gasteiger partial charge on any atom is 0.416 e. The molecule has 0 aliphatic heterocycles. The summed E-state index contributed by atoms with van der Waals surface area (Å²) < 4.78 is 53.7. The number of halogens is 3. The molecule has 0 atom stereocenters. The van der Waals surface area contributed by atoms with E-state index in [2.05, 4.69) is 4.74 Å². The third-order valence-corrected chi connectivity index (χ3v) is 3.67. The molecule has 2 aromatic rings. The Hall–Kier alpha value is -3.47. The van der Waals surface area contributed by atoms with Crippen LogP contribution in [0.5, 0.6) is 11.5 Å². The number of carbonyl (C=O) groups excluding carboxylic acids is 1. The van der Waals surface area contributed by atoms with Crippen LogP contribution in [0.1, 0.15) is 16.7 Å². The fourth-order valence-corrected chi connectivity index (χ4v) is 2.31. The van der Waals surface area contributed by atoms with Gasteiger partial charge in [-0.1, -0.05) is 18.2 Å². The van der Waals surface area contributed by atoms with Gasteiger partial charge in [-0.05, 0) is 41.5 Å². The first-order valence-corrected chi connectivity index (χ1v) is 7.95. The van der Waals surface area contributed by atoms with Crippen molar-refractivity contribution in [2.24, 2.45) is 0 Å². The minimum absolute atomic E-state index is 0.0962. The molecule has 0 radical (unpaired) electrons. The van der Waals surface area contributed by atoms with Crippen LogP contribution >= 0.6 is 0 Å². The molecule has 0 unspecified atom stereocenters. The lowest BCUT2D eigenvalue weighted by molar-refractivity contribution is -0.138. The lowest BCUT2D eigenvalue weighted by Crippen LogP contribution is -2.06. The number of methoxy groups -OCH3 is 2. The van der Waals surface area contributed by atoms with E-state index in [0.717, 1.165) is 12.1 Å². The van der Waals surface area contributed by atoms with E-state index in [9.17, 15) is 18.0 Å². The van der Waals surface area contributed by atoms with Crippen LogP contribution < -0.4 is 9.47 Å². The van der Waals surface area contributed by atoms with Gasteiger partial charge in [0, 0.05) is 0 Å². The highest BCUT2D eigenvalue weighted by molar-refractivity contribution is 5.97. The predicted octanol–water partition coefficient (Wildman–Crippen LogP) is 4.37. The first-order valence-electron chi connectivity index (χ1n) is 7.95. The number of ether oxygens (including phenoxy) is 3. The minimum atomic E-state index is -4.43. The van der Waals surface area contributed by atoms with Gasteiger partial charge in [-0.25, -0.2) is 4.79 Å². The number of nitrogens with zero attached hydrogens (tertiary/aromatic N) is 1. The van der Waals surface area contributed by atoms with E-state index >= 15 is 0 Å². The molecular weight excluding hydrogens is 375 g/mol. The normalized spacial score (nSPS) is 11.5. The molecule has 0 fully saturated rings. The minimum Gasteiger partial charge on any atom is -0.493 e. The number of nitriles is 1. The zero-order valence-electron chi connectivity index (χ0n) is 15.0. The Kier molecular flexibility index (Phi) is 6.66. The van der Waals surface area contributed by atoms with E-state index < -0.39 is 17.7 Å². The topological polar surface area (TPSA) is 68.6 Å². The number of alkyl halides is 3. The van der Waals surface area contributed by atoms with Crippen molar-refractivity contribution in [1.29, 1.82) is 5.26 Å². The third kappa shape index (κ3) is 5.27. The molecule has 0 spiro atoms. The van der Waals surface area contributed by atoms with Gasteiger partial charge in [0.25, 0.3) is 0 Å². The van der Waals surface area contributed by atoms with Gasteiger partial charge < -0.3 is 14.2 Å². The van der Waals surface area contributed by atoms with E-state index in [1.807, 2.05) is 0 Å². The zero-order chi connectivity index (χ0) is 20.7. The van der Waals surface area contributed by atoms with Crippen molar-refractivity contribution in [2.45, 2.75) is 12.8 Å². The molecule has 0 aromatic heterocycles. The van der Waals surface area contributed by atoms with Crippen LogP contribution in [0.25, 0.3) is 6.08 Å². The average molecular weight is 391 g/mol. The maximum atomic E-state index is 12.8. The second-order valence-electron chi connectivity index (χ2n) is 5.56. The number of esters is 1. The summed E-state index contributed by atoms with van der Waals surface area (Å²) in [5.74, 6) is -0.178. The second-order valence-corrected chi connectivity index (χ2v) is 5.56. The molecule has 146 valence electrons. The first-order chi connectivity index (χ1) is 13.3. The van der Waals surface area contributed by atoms with Crippen LogP contribution in [-0.2, 0) is 22.3 Å². The fourth-order valence-electron chi connectivity index (χ4n) is 2.31. The van der Waals surface area contributed by atoms with E-state index in [0.29, 0.717) is 22.6 Å². The number of hydrogen-bond acceptors (Lipinski definition) is 5. The van der Waals surface area contributed by atoms with E-state index in [4.69, 9.17) is 14.7 Å². The largest absolute Gasteiger partial charge is 0.493 e. The molecule has 0 bridgehead atoms. The van der Waals surface area contributed by atoms with Gasteiger partial charge in [0.2, 0.25) is 0 Å². The van der Waals surface area contributed by atoms with Gasteiger partial charge in [-0.2, -0.15) is 18.4 Å². The molecule has 0 amide bonds. The molecule has 5 nitrogen and oxygen atoms in total. The van der Waals surface area contributed by atoms with Crippen molar-refractivity contribution in [3.63, 3.8) is 0 Å². The molecule has 2 rings (SSSR count). The summed E-state index contributed by atoms with van der Waals surface area (Å²) in [7, 11) is 2.56. The SMILES string of the molecule is COC(=O)/C(C#N)=C/c1ccc(OCc2cccc(C(F)(F)F)c2)c(OC)c1. The third-order valence-electron chi connectivity index (χ3n) is 3.67. The van der Waals surface area contributed by atoms with Crippen molar-refractivity contribution < 1.29 is 32.2 Å². The number of rotatable bonds is 6. The molecular formula is C20H16F3NO4. The molecule has 0 heterocycles. The number of carbonyl (C=O) groups is 1. The highest BCUT2D eigenvalue weighted by atomic mass is 19.4. The highest BCUT2D eigenvalue weighted by Gasteiger charge is 2.30. The van der Waals surface area contributed by atoms with Gasteiger partial charge in [0.05, 0.1) is 19.8 Å². The van der Waals surface area contributed by atoms with Crippen molar-refractivity contribution in [1.82, 2.24) is 0 Å². The Labute approximate surface area is 159 Å². The summed E-state index contributed by atoms with van der Waals surface area (Å²) in [4.78, 5) is 11.5. The quantitative estimate of drug-likeness (QED) is 0.415. The van der Waals surface area contributed by atoms with Crippen LogP contribution in [0.3, 0.4) is 0 Å². The zero-order valence-corrected chi connectivity index (χ0v) is 15.0. The lowest BCUT2D eigenvalue weighted by atomic mass is 10.1. The summed E-state index contributed by atoms with van der Waals surface area (Å²) in [6.45, 7) is -0.0962. The van der Waals surface area contributed by atoms with Crippen LogP contribution in [0, 0.1) is 11.3 Å². The second kappa shape index (κ2) is 8.95. The molecule has 0 saturated heterocycles. The summed E-state index contributed by atoms with van der Waals surface area (Å²) >= 11 is 0. The lowest BCUT2D eigenvalue weighted by Gasteiger charge is -2.13. The van der Waals surface area contributed by atoms with Gasteiger partial charge >= 0.3 is 12.1 Å². The molecule has 0 saturated carbocycles. The van der Waals surface area contributed by atoms with Crippen LogP contribution in [0.4, 0.5) is 13.2 Å².